The molecule has 6 nitrogen and oxygen atoms in total. The van der Waals surface area contributed by atoms with E-state index in [0.717, 1.165) is 12.8 Å². The number of hydrogen-bond donors (Lipinski definition) is 2. The van der Waals surface area contributed by atoms with E-state index in [0.29, 0.717) is 6.54 Å². The van der Waals surface area contributed by atoms with Gasteiger partial charge >= 0.3 is 12.0 Å². The first-order valence-electron chi connectivity index (χ1n) is 6.68. The van der Waals surface area contributed by atoms with E-state index < -0.39 is 11.9 Å². The van der Waals surface area contributed by atoms with Crippen LogP contribution >= 0.6 is 0 Å². The fourth-order valence-electron chi connectivity index (χ4n) is 2.31. The molecule has 2 N–H and O–H groups in total. The summed E-state index contributed by atoms with van der Waals surface area (Å²) in [6.07, 6.45) is 3.40. The summed E-state index contributed by atoms with van der Waals surface area (Å²) in [5.41, 5.74) is 0.0878. The maximum Gasteiger partial charge on any atom is 0.317 e. The molecule has 1 rings (SSSR count). The molecule has 0 radical (unpaired) electrons. The van der Waals surface area contributed by atoms with Crippen molar-refractivity contribution in [2.24, 2.45) is 5.92 Å². The maximum absolute atomic E-state index is 11.9. The number of nitrogens with one attached hydrogen (secondary N) is 1. The quantitative estimate of drug-likeness (QED) is 0.750. The summed E-state index contributed by atoms with van der Waals surface area (Å²) in [5.74, 6) is -1.46. The van der Waals surface area contributed by atoms with E-state index in [9.17, 15) is 9.59 Å². The Morgan fingerprint density at radius 3 is 2.26 bits per heavy atom. The van der Waals surface area contributed by atoms with Crippen molar-refractivity contribution in [2.45, 2.75) is 31.7 Å². The summed E-state index contributed by atoms with van der Waals surface area (Å²) in [6, 6.07) is -0.207. The molecule has 0 spiro atoms. The van der Waals surface area contributed by atoms with Crippen molar-refractivity contribution in [2.75, 3.05) is 34.2 Å². The molecule has 0 bridgehead atoms. The molecule has 0 heterocycles. The van der Waals surface area contributed by atoms with Crippen LogP contribution in [0.5, 0.6) is 0 Å². The van der Waals surface area contributed by atoms with Crippen molar-refractivity contribution in [3.05, 3.63) is 0 Å². The van der Waals surface area contributed by atoms with Crippen LogP contribution in [-0.2, 0) is 4.79 Å². The van der Waals surface area contributed by atoms with Crippen molar-refractivity contribution in [1.82, 2.24) is 15.1 Å². The van der Waals surface area contributed by atoms with Gasteiger partial charge in [0.1, 0.15) is 0 Å². The first kappa shape index (κ1) is 15.8. The molecule has 0 aromatic carbocycles. The summed E-state index contributed by atoms with van der Waals surface area (Å²) >= 11 is 0. The van der Waals surface area contributed by atoms with Crippen molar-refractivity contribution in [3.63, 3.8) is 0 Å². The lowest BCUT2D eigenvalue weighted by Gasteiger charge is -2.49. The molecule has 1 fully saturated rings. The number of rotatable bonds is 6. The third-order valence-corrected chi connectivity index (χ3v) is 4.09. The zero-order valence-electron chi connectivity index (χ0n) is 12.3. The number of amides is 2. The van der Waals surface area contributed by atoms with Gasteiger partial charge in [0, 0.05) is 25.7 Å². The molecule has 1 unspecified atom stereocenters. The number of urea groups is 1. The molecular weight excluding hydrogens is 246 g/mol. The van der Waals surface area contributed by atoms with Gasteiger partial charge < -0.3 is 20.2 Å². The molecule has 1 aliphatic carbocycles. The molecule has 1 aliphatic rings. The summed E-state index contributed by atoms with van der Waals surface area (Å²) in [4.78, 5) is 26.4. The second kappa shape index (κ2) is 6.23. The van der Waals surface area contributed by atoms with Crippen molar-refractivity contribution < 1.29 is 14.7 Å². The van der Waals surface area contributed by atoms with Gasteiger partial charge in [-0.05, 0) is 33.4 Å². The number of aliphatic carboxylic acids is 1. The lowest BCUT2D eigenvalue weighted by atomic mass is 9.75. The predicted molar refractivity (Wildman–Crippen MR) is 73.1 cm³/mol. The fraction of sp³-hybridized carbons (Fsp3) is 0.846. The zero-order valence-corrected chi connectivity index (χ0v) is 12.3. The molecule has 0 saturated heterocycles. The Balaban J connectivity index is 2.42. The summed E-state index contributed by atoms with van der Waals surface area (Å²) in [6.45, 7) is 2.41. The first-order chi connectivity index (χ1) is 8.78. The number of carboxylic acid groups (broad SMARTS) is 1. The third-order valence-electron chi connectivity index (χ3n) is 4.09. The Morgan fingerprint density at radius 1 is 1.32 bits per heavy atom. The Hall–Kier alpha value is -1.30. The predicted octanol–water partition coefficient (Wildman–Crippen LogP) is 0.833. The smallest absolute Gasteiger partial charge is 0.317 e. The minimum absolute atomic E-state index is 0.0878. The van der Waals surface area contributed by atoms with Crippen LogP contribution in [0.25, 0.3) is 0 Å². The van der Waals surface area contributed by atoms with Crippen LogP contribution in [0.3, 0.4) is 0 Å². The molecule has 1 atom stereocenters. The highest BCUT2D eigenvalue weighted by Gasteiger charge is 2.40. The number of hydrogen-bond acceptors (Lipinski definition) is 3. The van der Waals surface area contributed by atoms with E-state index in [-0.39, 0.29) is 18.1 Å². The Morgan fingerprint density at radius 2 is 1.89 bits per heavy atom. The van der Waals surface area contributed by atoms with Gasteiger partial charge in [-0.3, -0.25) is 4.79 Å². The Kier molecular flexibility index (Phi) is 5.17. The standard InChI is InChI=1S/C13H25N3O3/c1-10(11(17)18)8-14-12(19)16(4)9-13(15(2)3)6-5-7-13/h10H,5-9H2,1-4H3,(H,14,19)(H,17,18). The van der Waals surface area contributed by atoms with E-state index in [4.69, 9.17) is 5.11 Å². The third kappa shape index (κ3) is 3.83. The number of nitrogens with zero attached hydrogens (tertiary/aromatic N) is 2. The number of carbonyl (C=O) groups is 2. The Labute approximate surface area is 114 Å². The Bertz CT molecular complexity index is 340. The highest BCUT2D eigenvalue weighted by atomic mass is 16.4. The molecule has 6 heteroatoms. The molecule has 2 amide bonds. The molecule has 0 aromatic heterocycles. The lowest BCUT2D eigenvalue weighted by molar-refractivity contribution is -0.140. The first-order valence-corrected chi connectivity index (χ1v) is 6.68. The SMILES string of the molecule is CC(CNC(=O)N(C)CC1(N(C)C)CCC1)C(=O)O. The topological polar surface area (TPSA) is 72.9 Å². The van der Waals surface area contributed by atoms with Gasteiger partial charge in [0.2, 0.25) is 0 Å². The van der Waals surface area contributed by atoms with Gasteiger partial charge in [0.25, 0.3) is 0 Å². The molecule has 1 saturated carbocycles. The number of carbonyl (C=O) groups excluding carboxylic acids is 1. The zero-order chi connectivity index (χ0) is 14.6. The van der Waals surface area contributed by atoms with Gasteiger partial charge in [-0.25, -0.2) is 4.79 Å². The average Bonchev–Trinajstić information content (AvgIpc) is 2.28. The van der Waals surface area contributed by atoms with Crippen LogP contribution in [0.2, 0.25) is 0 Å². The number of carboxylic acids is 1. The molecule has 110 valence electrons. The van der Waals surface area contributed by atoms with Gasteiger partial charge in [0.15, 0.2) is 0 Å². The maximum atomic E-state index is 11.9. The minimum atomic E-state index is -0.897. The van der Waals surface area contributed by atoms with Crippen molar-refractivity contribution >= 4 is 12.0 Å². The van der Waals surface area contributed by atoms with E-state index in [1.165, 1.54) is 6.42 Å². The van der Waals surface area contributed by atoms with Crippen LogP contribution in [0.4, 0.5) is 4.79 Å². The fourth-order valence-corrected chi connectivity index (χ4v) is 2.31. The van der Waals surface area contributed by atoms with Crippen LogP contribution in [-0.4, -0.2) is 66.7 Å². The normalized spacial score (nSPS) is 18.6. The highest BCUT2D eigenvalue weighted by molar-refractivity contribution is 5.75. The van der Waals surface area contributed by atoms with Crippen molar-refractivity contribution in [3.8, 4) is 0 Å². The van der Waals surface area contributed by atoms with Gasteiger partial charge in [0.05, 0.1) is 5.92 Å². The average molecular weight is 271 g/mol. The van der Waals surface area contributed by atoms with Crippen LogP contribution in [0.1, 0.15) is 26.2 Å². The van der Waals surface area contributed by atoms with Crippen LogP contribution < -0.4 is 5.32 Å². The minimum Gasteiger partial charge on any atom is -0.481 e. The van der Waals surface area contributed by atoms with E-state index >= 15 is 0 Å². The molecule has 0 aliphatic heterocycles. The van der Waals surface area contributed by atoms with Crippen LogP contribution in [0, 0.1) is 5.92 Å². The second-order valence-electron chi connectivity index (χ2n) is 5.75. The second-order valence-corrected chi connectivity index (χ2v) is 5.75. The molecular formula is C13H25N3O3. The van der Waals surface area contributed by atoms with E-state index in [1.807, 2.05) is 14.1 Å². The lowest BCUT2D eigenvalue weighted by Crippen LogP contribution is -2.58. The van der Waals surface area contributed by atoms with Gasteiger partial charge in [-0.1, -0.05) is 6.92 Å². The highest BCUT2D eigenvalue weighted by Crippen LogP contribution is 2.36. The summed E-state index contributed by atoms with van der Waals surface area (Å²) < 4.78 is 0. The molecule has 0 aromatic rings. The van der Waals surface area contributed by atoms with Crippen molar-refractivity contribution in [1.29, 1.82) is 0 Å². The van der Waals surface area contributed by atoms with Crippen LogP contribution in [0.15, 0.2) is 0 Å². The number of likely N-dealkylation sites (N-methyl/N-ethyl adjacent to an activating group) is 2. The van der Waals surface area contributed by atoms with Gasteiger partial charge in [-0.2, -0.15) is 0 Å². The molecule has 19 heavy (non-hydrogen) atoms. The summed E-state index contributed by atoms with van der Waals surface area (Å²) in [7, 11) is 5.83. The summed E-state index contributed by atoms with van der Waals surface area (Å²) in [5, 5.41) is 11.4. The van der Waals surface area contributed by atoms with Gasteiger partial charge in [-0.15, -0.1) is 0 Å². The largest absolute Gasteiger partial charge is 0.481 e. The monoisotopic (exact) mass is 271 g/mol. The van der Waals surface area contributed by atoms with E-state index in [1.54, 1.807) is 18.9 Å². The van der Waals surface area contributed by atoms with E-state index in [2.05, 4.69) is 10.2 Å².